The molecule has 0 fully saturated rings. The molecule has 94 valence electrons. The Morgan fingerprint density at radius 2 is 2.12 bits per heavy atom. The number of urea groups is 1. The molecule has 2 amide bonds. The van der Waals surface area contributed by atoms with Gasteiger partial charge in [-0.05, 0) is 30.5 Å². The topological polar surface area (TPSA) is 59.6 Å². The van der Waals surface area contributed by atoms with E-state index in [4.69, 9.17) is 4.74 Å². The van der Waals surface area contributed by atoms with E-state index in [-0.39, 0.29) is 6.03 Å². The van der Waals surface area contributed by atoms with Crippen LogP contribution in [-0.2, 0) is 11.3 Å². The van der Waals surface area contributed by atoms with Crippen LogP contribution < -0.4 is 15.5 Å². The Labute approximate surface area is 101 Å². The van der Waals surface area contributed by atoms with E-state index in [9.17, 15) is 4.79 Å². The van der Waals surface area contributed by atoms with E-state index in [1.165, 1.54) is 7.11 Å². The Hall–Kier alpha value is -1.75. The van der Waals surface area contributed by atoms with Crippen molar-refractivity contribution >= 4 is 6.03 Å². The first-order valence-electron chi connectivity index (χ1n) is 5.37. The second-order valence-corrected chi connectivity index (χ2v) is 3.62. The Bertz CT molecular complexity index is 380. The monoisotopic (exact) mass is 238 g/mol. The lowest BCUT2D eigenvalue weighted by atomic mass is 10.1. The number of hydrogen-bond donors (Lipinski definition) is 2. The molecule has 0 saturated heterocycles. The van der Waals surface area contributed by atoms with Crippen molar-refractivity contribution in [1.82, 2.24) is 10.8 Å². The molecule has 0 radical (unpaired) electrons. The fourth-order valence-corrected chi connectivity index (χ4v) is 1.47. The second-order valence-electron chi connectivity index (χ2n) is 3.62. The van der Waals surface area contributed by atoms with Crippen molar-refractivity contribution in [2.24, 2.45) is 0 Å². The van der Waals surface area contributed by atoms with Gasteiger partial charge >= 0.3 is 6.03 Å². The van der Waals surface area contributed by atoms with Crippen molar-refractivity contribution < 1.29 is 14.4 Å². The first kappa shape index (κ1) is 13.3. The van der Waals surface area contributed by atoms with Crippen LogP contribution in [0.15, 0.2) is 18.2 Å². The number of ether oxygens (including phenoxy) is 1. The van der Waals surface area contributed by atoms with Gasteiger partial charge in [0, 0.05) is 6.54 Å². The molecule has 1 aromatic rings. The summed E-state index contributed by atoms with van der Waals surface area (Å²) in [7, 11) is 3.04. The molecule has 0 aliphatic rings. The molecule has 0 unspecified atom stereocenters. The molecule has 5 nitrogen and oxygen atoms in total. The summed E-state index contributed by atoms with van der Waals surface area (Å²) >= 11 is 0. The Morgan fingerprint density at radius 3 is 2.76 bits per heavy atom. The van der Waals surface area contributed by atoms with Crippen LogP contribution in [0.5, 0.6) is 5.75 Å². The first-order chi connectivity index (χ1) is 8.17. The van der Waals surface area contributed by atoms with E-state index < -0.39 is 0 Å². The molecule has 0 aliphatic carbocycles. The normalized spacial score (nSPS) is 9.82. The minimum atomic E-state index is -0.341. The molecular formula is C12H18N2O3. The average molecular weight is 238 g/mol. The van der Waals surface area contributed by atoms with Gasteiger partial charge in [0.15, 0.2) is 0 Å². The van der Waals surface area contributed by atoms with Crippen LogP contribution in [0.2, 0.25) is 0 Å². The summed E-state index contributed by atoms with van der Waals surface area (Å²) in [5, 5.41) is 2.67. The number of hydrogen-bond acceptors (Lipinski definition) is 3. The summed E-state index contributed by atoms with van der Waals surface area (Å²) in [4.78, 5) is 15.5. The minimum absolute atomic E-state index is 0.341. The molecule has 17 heavy (non-hydrogen) atoms. The van der Waals surface area contributed by atoms with Crippen LogP contribution in [0.1, 0.15) is 11.1 Å². The molecule has 1 rings (SSSR count). The number of methoxy groups -OCH3 is 1. The molecule has 5 heteroatoms. The molecule has 0 saturated carbocycles. The number of carbonyl (C=O) groups is 1. The van der Waals surface area contributed by atoms with E-state index in [2.05, 4.69) is 15.6 Å². The molecule has 1 aromatic carbocycles. The van der Waals surface area contributed by atoms with Gasteiger partial charge in [0.05, 0.1) is 14.2 Å². The smallest absolute Gasteiger partial charge is 0.338 e. The third kappa shape index (κ3) is 4.32. The molecule has 0 spiro atoms. The summed E-state index contributed by atoms with van der Waals surface area (Å²) in [6.45, 7) is 2.54. The zero-order valence-corrected chi connectivity index (χ0v) is 10.4. The highest BCUT2D eigenvalue weighted by molar-refractivity contribution is 5.72. The van der Waals surface area contributed by atoms with Gasteiger partial charge < -0.3 is 10.1 Å². The van der Waals surface area contributed by atoms with Crippen LogP contribution >= 0.6 is 0 Å². The van der Waals surface area contributed by atoms with Crippen LogP contribution in [0.3, 0.4) is 0 Å². The lowest BCUT2D eigenvalue weighted by Crippen LogP contribution is -2.35. The number of aryl methyl sites for hydroxylation is 1. The van der Waals surface area contributed by atoms with Crippen molar-refractivity contribution in [2.75, 3.05) is 20.8 Å². The summed E-state index contributed by atoms with van der Waals surface area (Å²) in [5.74, 6) is 0.865. The summed E-state index contributed by atoms with van der Waals surface area (Å²) in [6.07, 6.45) is 0.744. The van der Waals surface area contributed by atoms with Gasteiger partial charge in [-0.15, -0.1) is 0 Å². The van der Waals surface area contributed by atoms with Crippen molar-refractivity contribution in [2.45, 2.75) is 13.3 Å². The average Bonchev–Trinajstić information content (AvgIpc) is 2.31. The van der Waals surface area contributed by atoms with Crippen molar-refractivity contribution in [3.63, 3.8) is 0 Å². The zero-order valence-electron chi connectivity index (χ0n) is 10.4. The van der Waals surface area contributed by atoms with Gasteiger partial charge in [-0.2, -0.15) is 0 Å². The number of rotatable bonds is 5. The van der Waals surface area contributed by atoms with E-state index in [0.717, 1.165) is 23.3 Å². The highest BCUT2D eigenvalue weighted by atomic mass is 16.6. The van der Waals surface area contributed by atoms with Gasteiger partial charge in [-0.3, -0.25) is 4.84 Å². The molecular weight excluding hydrogens is 220 g/mol. The van der Waals surface area contributed by atoms with Crippen LogP contribution in [0.4, 0.5) is 4.79 Å². The van der Waals surface area contributed by atoms with Gasteiger partial charge in [-0.1, -0.05) is 12.1 Å². The third-order valence-corrected chi connectivity index (χ3v) is 2.37. The molecule has 0 atom stereocenters. The predicted octanol–water partition coefficient (Wildman–Crippen LogP) is 1.41. The standard InChI is InChI=1S/C12H18N2O3/c1-9-4-5-10(8-11(9)16-2)6-7-13-12(15)14-17-3/h4-5,8H,6-7H2,1-3H3,(H2,13,14,15). The summed E-state index contributed by atoms with van der Waals surface area (Å²) in [5.41, 5.74) is 4.40. The molecule has 0 aromatic heterocycles. The maximum atomic E-state index is 11.0. The lowest BCUT2D eigenvalue weighted by Gasteiger charge is -2.08. The highest BCUT2D eigenvalue weighted by Gasteiger charge is 2.02. The van der Waals surface area contributed by atoms with Crippen LogP contribution in [0.25, 0.3) is 0 Å². The summed E-state index contributed by atoms with van der Waals surface area (Å²) < 4.78 is 5.23. The van der Waals surface area contributed by atoms with Crippen LogP contribution in [0, 0.1) is 6.92 Å². The van der Waals surface area contributed by atoms with Gasteiger partial charge in [-0.25, -0.2) is 10.3 Å². The zero-order chi connectivity index (χ0) is 12.7. The Morgan fingerprint density at radius 1 is 1.35 bits per heavy atom. The number of nitrogens with one attached hydrogen (secondary N) is 2. The quantitative estimate of drug-likeness (QED) is 0.762. The molecule has 0 bridgehead atoms. The molecule has 2 N–H and O–H groups in total. The van der Waals surface area contributed by atoms with Crippen molar-refractivity contribution in [1.29, 1.82) is 0 Å². The third-order valence-electron chi connectivity index (χ3n) is 2.37. The van der Waals surface area contributed by atoms with Crippen molar-refractivity contribution in [3.05, 3.63) is 29.3 Å². The Balaban J connectivity index is 2.44. The van der Waals surface area contributed by atoms with Gasteiger partial charge in [0.2, 0.25) is 0 Å². The first-order valence-corrected chi connectivity index (χ1v) is 5.37. The number of benzene rings is 1. The predicted molar refractivity (Wildman–Crippen MR) is 65.0 cm³/mol. The van der Waals surface area contributed by atoms with E-state index in [1.807, 2.05) is 25.1 Å². The van der Waals surface area contributed by atoms with Gasteiger partial charge in [0.1, 0.15) is 5.75 Å². The highest BCUT2D eigenvalue weighted by Crippen LogP contribution is 2.18. The van der Waals surface area contributed by atoms with Crippen molar-refractivity contribution in [3.8, 4) is 5.75 Å². The van der Waals surface area contributed by atoms with Gasteiger partial charge in [0.25, 0.3) is 0 Å². The SMILES string of the molecule is CONC(=O)NCCc1ccc(C)c(OC)c1. The fourth-order valence-electron chi connectivity index (χ4n) is 1.47. The molecule has 0 heterocycles. The maximum Gasteiger partial charge on any atom is 0.338 e. The van der Waals surface area contributed by atoms with E-state index in [0.29, 0.717) is 6.54 Å². The lowest BCUT2D eigenvalue weighted by molar-refractivity contribution is 0.107. The minimum Gasteiger partial charge on any atom is -0.496 e. The Kier molecular flexibility index (Phi) is 5.29. The summed E-state index contributed by atoms with van der Waals surface area (Å²) in [6, 6.07) is 5.66. The number of amides is 2. The number of carbonyl (C=O) groups excluding carboxylic acids is 1. The largest absolute Gasteiger partial charge is 0.496 e. The molecule has 0 aliphatic heterocycles. The maximum absolute atomic E-state index is 11.0. The van der Waals surface area contributed by atoms with Crippen LogP contribution in [-0.4, -0.2) is 26.8 Å². The fraction of sp³-hybridized carbons (Fsp3) is 0.417. The van der Waals surface area contributed by atoms with E-state index >= 15 is 0 Å². The number of hydroxylamine groups is 1. The second kappa shape index (κ2) is 6.75. The van der Waals surface area contributed by atoms with E-state index in [1.54, 1.807) is 7.11 Å².